The third kappa shape index (κ3) is 2.25. The molecule has 2 unspecified atom stereocenters. The second-order valence-corrected chi connectivity index (χ2v) is 6.39. The molecule has 16 heavy (non-hydrogen) atoms. The number of halogens is 1. The highest BCUT2D eigenvalue weighted by atomic mass is 32.2. The second kappa shape index (κ2) is 4.14. The molecule has 2 rings (SSSR count). The van der Waals surface area contributed by atoms with Crippen LogP contribution in [0, 0.1) is 11.7 Å². The molecule has 5 heteroatoms. The minimum absolute atomic E-state index is 0.0817. The van der Waals surface area contributed by atoms with Crippen molar-refractivity contribution >= 4 is 9.84 Å². The van der Waals surface area contributed by atoms with Crippen LogP contribution in [0.15, 0.2) is 24.3 Å². The maximum Gasteiger partial charge on any atom is 0.151 e. The first kappa shape index (κ1) is 11.5. The molecular formula is C11H14FNO2S. The van der Waals surface area contributed by atoms with Gasteiger partial charge in [0.15, 0.2) is 9.84 Å². The van der Waals surface area contributed by atoms with Crippen LogP contribution < -0.4 is 5.73 Å². The van der Waals surface area contributed by atoms with Crippen LogP contribution in [0.5, 0.6) is 0 Å². The topological polar surface area (TPSA) is 60.2 Å². The van der Waals surface area contributed by atoms with Crippen molar-refractivity contribution in [2.24, 2.45) is 11.7 Å². The lowest BCUT2D eigenvalue weighted by Crippen LogP contribution is -2.20. The van der Waals surface area contributed by atoms with Gasteiger partial charge in [-0.15, -0.1) is 0 Å². The van der Waals surface area contributed by atoms with Gasteiger partial charge in [0.05, 0.1) is 11.5 Å². The fourth-order valence-corrected chi connectivity index (χ4v) is 4.43. The molecule has 0 spiro atoms. The number of benzene rings is 1. The number of nitrogens with two attached hydrogens (primary N) is 1. The lowest BCUT2D eigenvalue weighted by atomic mass is 9.89. The first-order valence-corrected chi connectivity index (χ1v) is 7.00. The SMILES string of the molecule is NCC1CS(=O)(=O)CC1c1cccc(F)c1. The Balaban J connectivity index is 2.33. The van der Waals surface area contributed by atoms with Crippen LogP contribution in [0.1, 0.15) is 11.5 Å². The number of rotatable bonds is 2. The van der Waals surface area contributed by atoms with Crippen LogP contribution >= 0.6 is 0 Å². The van der Waals surface area contributed by atoms with E-state index in [0.29, 0.717) is 6.54 Å². The van der Waals surface area contributed by atoms with Crippen LogP contribution in [0.2, 0.25) is 0 Å². The van der Waals surface area contributed by atoms with Crippen LogP contribution in [0.25, 0.3) is 0 Å². The van der Waals surface area contributed by atoms with Crippen molar-refractivity contribution in [1.29, 1.82) is 0 Å². The Morgan fingerprint density at radius 3 is 2.75 bits per heavy atom. The molecule has 1 aliphatic rings. The Kier molecular flexibility index (Phi) is 2.99. The van der Waals surface area contributed by atoms with Gasteiger partial charge in [0, 0.05) is 5.92 Å². The zero-order valence-corrected chi connectivity index (χ0v) is 9.58. The largest absolute Gasteiger partial charge is 0.330 e. The van der Waals surface area contributed by atoms with Gasteiger partial charge < -0.3 is 5.73 Å². The molecule has 2 atom stereocenters. The molecule has 0 amide bonds. The van der Waals surface area contributed by atoms with Gasteiger partial charge in [-0.2, -0.15) is 0 Å². The van der Waals surface area contributed by atoms with Crippen LogP contribution in [0.4, 0.5) is 4.39 Å². The standard InChI is InChI=1S/C11H14FNO2S/c12-10-3-1-2-8(4-10)11-7-16(14,15)6-9(11)5-13/h1-4,9,11H,5-7,13H2. The molecule has 88 valence electrons. The van der Waals surface area contributed by atoms with E-state index >= 15 is 0 Å². The van der Waals surface area contributed by atoms with Crippen molar-refractivity contribution in [2.75, 3.05) is 18.1 Å². The summed E-state index contributed by atoms with van der Waals surface area (Å²) in [4.78, 5) is 0. The van der Waals surface area contributed by atoms with Crippen molar-refractivity contribution in [3.8, 4) is 0 Å². The molecule has 1 aromatic rings. The van der Waals surface area contributed by atoms with Gasteiger partial charge in [-0.25, -0.2) is 12.8 Å². The molecule has 0 saturated carbocycles. The molecule has 0 aromatic heterocycles. The van der Waals surface area contributed by atoms with Crippen molar-refractivity contribution in [3.63, 3.8) is 0 Å². The summed E-state index contributed by atoms with van der Waals surface area (Å²) in [6.45, 7) is 0.320. The predicted octanol–water partition coefficient (Wildman–Crippen LogP) is 0.913. The van der Waals surface area contributed by atoms with Gasteiger partial charge in [-0.05, 0) is 30.2 Å². The molecule has 1 aromatic carbocycles. The summed E-state index contributed by atoms with van der Waals surface area (Å²) in [5, 5.41) is 0. The van der Waals surface area contributed by atoms with Crippen LogP contribution in [0.3, 0.4) is 0 Å². The van der Waals surface area contributed by atoms with E-state index < -0.39 is 9.84 Å². The highest BCUT2D eigenvalue weighted by molar-refractivity contribution is 7.91. The van der Waals surface area contributed by atoms with E-state index in [-0.39, 0.29) is 29.2 Å². The minimum Gasteiger partial charge on any atom is -0.330 e. The monoisotopic (exact) mass is 243 g/mol. The molecule has 1 aliphatic heterocycles. The van der Waals surface area contributed by atoms with E-state index in [9.17, 15) is 12.8 Å². The maximum atomic E-state index is 13.1. The fraction of sp³-hybridized carbons (Fsp3) is 0.455. The lowest BCUT2D eigenvalue weighted by molar-refractivity contribution is 0.529. The van der Waals surface area contributed by atoms with E-state index in [1.807, 2.05) is 0 Å². The summed E-state index contributed by atoms with van der Waals surface area (Å²) in [5.74, 6) is -0.390. The van der Waals surface area contributed by atoms with Crippen molar-refractivity contribution in [2.45, 2.75) is 5.92 Å². The molecule has 1 fully saturated rings. The summed E-state index contributed by atoms with van der Waals surface area (Å²) in [5.41, 5.74) is 6.30. The average Bonchev–Trinajstić information content (AvgIpc) is 2.54. The Labute approximate surface area is 94.4 Å². The highest BCUT2D eigenvalue weighted by Gasteiger charge is 2.37. The van der Waals surface area contributed by atoms with Gasteiger partial charge >= 0.3 is 0 Å². The van der Waals surface area contributed by atoms with Crippen molar-refractivity contribution in [3.05, 3.63) is 35.6 Å². The van der Waals surface area contributed by atoms with Gasteiger partial charge in [0.2, 0.25) is 0 Å². The zero-order chi connectivity index (χ0) is 11.8. The molecule has 0 bridgehead atoms. The Bertz CT molecular complexity index is 487. The van der Waals surface area contributed by atoms with Gasteiger partial charge in [-0.3, -0.25) is 0 Å². The first-order chi connectivity index (χ1) is 7.52. The summed E-state index contributed by atoms with van der Waals surface area (Å²) in [7, 11) is -3.02. The molecule has 0 radical (unpaired) electrons. The lowest BCUT2D eigenvalue weighted by Gasteiger charge is -2.16. The van der Waals surface area contributed by atoms with Gasteiger partial charge in [-0.1, -0.05) is 12.1 Å². The quantitative estimate of drug-likeness (QED) is 0.840. The van der Waals surface area contributed by atoms with E-state index in [4.69, 9.17) is 5.73 Å². The Morgan fingerprint density at radius 1 is 1.38 bits per heavy atom. The first-order valence-electron chi connectivity index (χ1n) is 5.18. The Hall–Kier alpha value is -0.940. The normalized spacial score (nSPS) is 28.1. The summed E-state index contributed by atoms with van der Waals surface area (Å²) >= 11 is 0. The molecule has 3 nitrogen and oxygen atoms in total. The molecule has 1 heterocycles. The Morgan fingerprint density at radius 2 is 2.12 bits per heavy atom. The molecular weight excluding hydrogens is 229 g/mol. The van der Waals surface area contributed by atoms with Crippen LogP contribution in [-0.2, 0) is 9.84 Å². The number of hydrogen-bond donors (Lipinski definition) is 1. The smallest absolute Gasteiger partial charge is 0.151 e. The van der Waals surface area contributed by atoms with E-state index in [1.165, 1.54) is 12.1 Å². The molecule has 1 saturated heterocycles. The summed E-state index contributed by atoms with van der Waals surface area (Å²) in [6, 6.07) is 6.11. The summed E-state index contributed by atoms with van der Waals surface area (Å²) < 4.78 is 36.1. The third-order valence-corrected chi connectivity index (χ3v) is 4.85. The third-order valence-electron chi connectivity index (χ3n) is 3.05. The van der Waals surface area contributed by atoms with Crippen LogP contribution in [-0.4, -0.2) is 26.5 Å². The second-order valence-electron chi connectivity index (χ2n) is 4.23. The van der Waals surface area contributed by atoms with E-state index in [2.05, 4.69) is 0 Å². The van der Waals surface area contributed by atoms with Crippen molar-refractivity contribution in [1.82, 2.24) is 0 Å². The predicted molar refractivity (Wildman–Crippen MR) is 60.3 cm³/mol. The molecule has 0 aliphatic carbocycles. The van der Waals surface area contributed by atoms with E-state index in [1.54, 1.807) is 12.1 Å². The fourth-order valence-electron chi connectivity index (χ4n) is 2.26. The van der Waals surface area contributed by atoms with Gasteiger partial charge in [0.25, 0.3) is 0 Å². The summed E-state index contributed by atoms with van der Waals surface area (Å²) in [6.07, 6.45) is 0. The van der Waals surface area contributed by atoms with E-state index in [0.717, 1.165) is 5.56 Å². The van der Waals surface area contributed by atoms with Gasteiger partial charge in [0.1, 0.15) is 5.82 Å². The highest BCUT2D eigenvalue weighted by Crippen LogP contribution is 2.33. The van der Waals surface area contributed by atoms with Crippen molar-refractivity contribution < 1.29 is 12.8 Å². The molecule has 2 N–H and O–H groups in total. The number of sulfone groups is 1. The minimum atomic E-state index is -3.02. The maximum absolute atomic E-state index is 13.1. The number of hydrogen-bond acceptors (Lipinski definition) is 3. The zero-order valence-electron chi connectivity index (χ0n) is 8.77. The average molecular weight is 243 g/mol.